The molecule has 60 valence electrons. The Hall–Kier alpha value is 0.514. The summed E-state index contributed by atoms with van der Waals surface area (Å²) in [6, 6.07) is 0. The Labute approximate surface area is 95.5 Å². The molecule has 0 aromatic heterocycles. The fraction of sp³-hybridized carbons (Fsp3) is 0.250. The minimum atomic E-state index is 0. The number of hydrogen-bond donors (Lipinski definition) is 0. The van der Waals surface area contributed by atoms with Crippen molar-refractivity contribution >= 4 is 0 Å². The molecule has 2 aliphatic carbocycles. The maximum absolute atomic E-state index is 2.99. The van der Waals surface area contributed by atoms with E-state index in [0.29, 0.717) is 0 Å². The minimum absolute atomic E-state index is 0. The molecule has 0 fully saturated rings. The second-order valence-corrected chi connectivity index (χ2v) is 1.62. The molecule has 0 spiro atoms. The van der Waals surface area contributed by atoms with E-state index in [1.165, 1.54) is 0 Å². The summed E-state index contributed by atoms with van der Waals surface area (Å²) in [7, 11) is 0. The second kappa shape index (κ2) is 13.1. The summed E-state index contributed by atoms with van der Waals surface area (Å²) in [5.41, 5.74) is 0. The van der Waals surface area contributed by atoms with Gasteiger partial charge in [0.05, 0.1) is 0 Å². The van der Waals surface area contributed by atoms with Gasteiger partial charge in [-0.05, 0) is 0 Å². The first kappa shape index (κ1) is 17.6. The van der Waals surface area contributed by atoms with Gasteiger partial charge in [-0.2, -0.15) is 6.08 Å². The van der Waals surface area contributed by atoms with E-state index in [1.807, 2.05) is 18.2 Å². The van der Waals surface area contributed by atoms with E-state index in [2.05, 4.69) is 18.2 Å². The minimum Gasteiger partial charge on any atom is -1.00 e. The monoisotopic (exact) mass is 222 g/mol. The average Bonchev–Trinajstić information content (AvgIpc) is 2.55. The van der Waals surface area contributed by atoms with E-state index in [4.69, 9.17) is 0 Å². The van der Waals surface area contributed by atoms with Crippen LogP contribution in [0.1, 0.15) is 12.8 Å². The van der Waals surface area contributed by atoms with Crippen LogP contribution in [0, 0.1) is 12.2 Å². The van der Waals surface area contributed by atoms with Crippen LogP contribution in [0.2, 0.25) is 0 Å². The molecule has 0 aromatic carbocycles. The van der Waals surface area contributed by atoms with Crippen molar-refractivity contribution in [1.29, 1.82) is 0 Å². The maximum atomic E-state index is 2.99. The van der Waals surface area contributed by atoms with Gasteiger partial charge in [-0.1, -0.05) is 0 Å². The summed E-state index contributed by atoms with van der Waals surface area (Å²) < 4.78 is 0. The number of allylic oxidation sites excluding steroid dienone is 6. The molecule has 0 nitrogen and oxygen atoms in total. The molecule has 0 saturated heterocycles. The van der Waals surface area contributed by atoms with Gasteiger partial charge in [-0.25, -0.2) is 18.6 Å². The topological polar surface area (TPSA) is 0 Å². The van der Waals surface area contributed by atoms with Crippen LogP contribution < -0.4 is 24.8 Å². The van der Waals surface area contributed by atoms with Crippen LogP contribution in [0.25, 0.3) is 0 Å². The van der Waals surface area contributed by atoms with Gasteiger partial charge in [0.1, 0.15) is 0 Å². The molecule has 0 aromatic rings. The molecule has 3 heteroatoms. The van der Waals surface area contributed by atoms with E-state index in [-0.39, 0.29) is 46.5 Å². The molecule has 2 rings (SSSR count). The Morgan fingerprint density at radius 1 is 1.00 bits per heavy atom. The van der Waals surface area contributed by atoms with Gasteiger partial charge in [0.15, 0.2) is 0 Å². The zero-order valence-corrected chi connectivity index (χ0v) is 9.05. The van der Waals surface area contributed by atoms with Gasteiger partial charge >= 0.3 is 21.7 Å². The molecule has 0 atom stereocenters. The fourth-order valence-corrected chi connectivity index (χ4v) is 0.340. The fourth-order valence-electron chi connectivity index (χ4n) is 0.340. The third kappa shape index (κ3) is 18.0. The molecule has 11 heavy (non-hydrogen) atoms. The van der Waals surface area contributed by atoms with Crippen LogP contribution in [0.3, 0.4) is 0 Å². The summed E-state index contributed by atoms with van der Waals surface area (Å²) in [5, 5.41) is 0. The smallest absolute Gasteiger partial charge is 1.00 e. The Kier molecular flexibility index (Phi) is 21.0. The van der Waals surface area contributed by atoms with Gasteiger partial charge in [0.25, 0.3) is 0 Å². The van der Waals surface area contributed by atoms with Gasteiger partial charge in [-0.3, -0.25) is 12.2 Å². The second-order valence-electron chi connectivity index (χ2n) is 1.62. The first-order valence-corrected chi connectivity index (χ1v) is 2.77. The Bertz CT molecular complexity index is 125. The SMILES string of the molecule is [C-]1=CC1.[C-]1=CC=CC1.[Cl-].[Cl-].[Ti+2]. The standard InChI is InChI=1S/C5H5.C3H3.2ClH.Ti/c1-2-4-5-3-1;1-2-3-1;;;/h1-3H,4H2;1H,2H2;2*1H;/q2*-1;;;+2/p-2. The molecule has 0 amide bonds. The van der Waals surface area contributed by atoms with Crippen LogP contribution in [0.4, 0.5) is 0 Å². The molecule has 0 bridgehead atoms. The van der Waals surface area contributed by atoms with Crippen LogP contribution in [-0.4, -0.2) is 0 Å². The van der Waals surface area contributed by atoms with E-state index < -0.39 is 0 Å². The van der Waals surface area contributed by atoms with E-state index in [1.54, 1.807) is 0 Å². The van der Waals surface area contributed by atoms with Crippen molar-refractivity contribution in [3.63, 3.8) is 0 Å². The van der Waals surface area contributed by atoms with Crippen molar-refractivity contribution in [3.8, 4) is 0 Å². The van der Waals surface area contributed by atoms with Crippen molar-refractivity contribution in [3.05, 3.63) is 36.5 Å². The van der Waals surface area contributed by atoms with Crippen molar-refractivity contribution in [2.24, 2.45) is 0 Å². The molecule has 0 heterocycles. The van der Waals surface area contributed by atoms with Crippen LogP contribution in [0.5, 0.6) is 0 Å². The van der Waals surface area contributed by atoms with E-state index in [0.717, 1.165) is 12.8 Å². The largest absolute Gasteiger partial charge is 2.00 e. The normalized spacial score (nSPS) is 13.1. The third-order valence-corrected chi connectivity index (χ3v) is 0.790. The zero-order valence-electron chi connectivity index (χ0n) is 5.98. The number of rotatable bonds is 0. The molecular formula is C8H8Cl2Ti-2. The van der Waals surface area contributed by atoms with Gasteiger partial charge in [0, 0.05) is 0 Å². The van der Waals surface area contributed by atoms with E-state index >= 15 is 0 Å². The van der Waals surface area contributed by atoms with Crippen LogP contribution in [-0.2, 0) is 21.7 Å². The Morgan fingerprint density at radius 3 is 1.64 bits per heavy atom. The molecule has 0 N–H and O–H groups in total. The summed E-state index contributed by atoms with van der Waals surface area (Å²) in [6.45, 7) is 0. The molecule has 2 aliphatic rings. The maximum Gasteiger partial charge on any atom is 2.00 e. The predicted molar refractivity (Wildman–Crippen MR) is 34.0 cm³/mol. The first-order valence-electron chi connectivity index (χ1n) is 2.77. The van der Waals surface area contributed by atoms with Gasteiger partial charge in [-0.15, -0.1) is 6.42 Å². The quantitative estimate of drug-likeness (QED) is 0.290. The molecule has 0 saturated carbocycles. The molecule has 0 radical (unpaired) electrons. The van der Waals surface area contributed by atoms with Crippen LogP contribution in [0.15, 0.2) is 24.3 Å². The Morgan fingerprint density at radius 2 is 1.55 bits per heavy atom. The van der Waals surface area contributed by atoms with Crippen molar-refractivity contribution in [2.75, 3.05) is 0 Å². The predicted octanol–water partition coefficient (Wildman–Crippen LogP) is -3.94. The van der Waals surface area contributed by atoms with Crippen LogP contribution >= 0.6 is 0 Å². The van der Waals surface area contributed by atoms with Gasteiger partial charge in [0.2, 0.25) is 0 Å². The van der Waals surface area contributed by atoms with Gasteiger partial charge < -0.3 is 30.9 Å². The summed E-state index contributed by atoms with van der Waals surface area (Å²) in [6.07, 6.45) is 16.0. The Balaban J connectivity index is -0.0000000967. The van der Waals surface area contributed by atoms with Crippen molar-refractivity contribution < 1.29 is 46.5 Å². The zero-order chi connectivity index (χ0) is 5.66. The average molecular weight is 223 g/mol. The first-order chi connectivity index (χ1) is 4.00. The molecular weight excluding hydrogens is 215 g/mol. The van der Waals surface area contributed by atoms with E-state index in [9.17, 15) is 0 Å². The van der Waals surface area contributed by atoms with Crippen molar-refractivity contribution in [2.45, 2.75) is 12.8 Å². The van der Waals surface area contributed by atoms with Crippen molar-refractivity contribution in [1.82, 2.24) is 0 Å². The third-order valence-electron chi connectivity index (χ3n) is 0.790. The number of halogens is 2. The summed E-state index contributed by atoms with van der Waals surface area (Å²) in [5.74, 6) is 0. The number of hydrogen-bond acceptors (Lipinski definition) is 0. The summed E-state index contributed by atoms with van der Waals surface area (Å²) >= 11 is 0. The molecule has 0 unspecified atom stereocenters. The molecule has 0 aliphatic heterocycles. The summed E-state index contributed by atoms with van der Waals surface area (Å²) in [4.78, 5) is 0.